The molecule has 2 rings (SSSR count). The normalized spacial score (nSPS) is 11.2. The minimum Gasteiger partial charge on any atom is -0.361 e. The van der Waals surface area contributed by atoms with Crippen LogP contribution in [0, 0.1) is 5.92 Å². The molecule has 0 spiro atoms. The number of fused-ring (bicyclic) bond motifs is 1. The van der Waals surface area contributed by atoms with Crippen molar-refractivity contribution in [2.75, 3.05) is 6.54 Å². The van der Waals surface area contributed by atoms with Crippen LogP contribution in [0.15, 0.2) is 30.5 Å². The van der Waals surface area contributed by atoms with Gasteiger partial charge >= 0.3 is 0 Å². The van der Waals surface area contributed by atoms with E-state index in [1.807, 2.05) is 6.07 Å². The van der Waals surface area contributed by atoms with Gasteiger partial charge in [-0.15, -0.1) is 0 Å². The Labute approximate surface area is 127 Å². The topological polar surface area (TPSA) is 44.9 Å². The monoisotopic (exact) mass is 286 g/mol. The molecule has 0 bridgehead atoms. The Kier molecular flexibility index (Phi) is 5.85. The Bertz CT molecular complexity index is 569. The van der Waals surface area contributed by atoms with E-state index in [2.05, 4.69) is 48.5 Å². The first-order valence-corrected chi connectivity index (χ1v) is 8.06. The largest absolute Gasteiger partial charge is 0.361 e. The first-order chi connectivity index (χ1) is 10.2. The molecular formula is C18H26N2O. The van der Waals surface area contributed by atoms with Gasteiger partial charge in [-0.2, -0.15) is 0 Å². The summed E-state index contributed by atoms with van der Waals surface area (Å²) >= 11 is 0. The van der Waals surface area contributed by atoms with E-state index in [4.69, 9.17) is 0 Å². The predicted molar refractivity (Wildman–Crippen MR) is 88.3 cm³/mol. The lowest BCUT2D eigenvalue weighted by Gasteiger charge is -2.13. The maximum absolute atomic E-state index is 11.9. The number of aryl methyl sites for hydroxylation is 1. The lowest BCUT2D eigenvalue weighted by molar-refractivity contribution is -0.121. The zero-order valence-electron chi connectivity index (χ0n) is 13.1. The smallest absolute Gasteiger partial charge is 0.220 e. The molecule has 0 unspecified atom stereocenters. The Hall–Kier alpha value is -1.77. The van der Waals surface area contributed by atoms with Crippen molar-refractivity contribution < 1.29 is 4.79 Å². The zero-order chi connectivity index (χ0) is 15.1. The molecule has 1 heterocycles. The van der Waals surface area contributed by atoms with Gasteiger partial charge in [0.2, 0.25) is 5.91 Å². The molecule has 1 aromatic heterocycles. The van der Waals surface area contributed by atoms with Crippen molar-refractivity contribution in [2.24, 2.45) is 5.92 Å². The highest BCUT2D eigenvalue weighted by Crippen LogP contribution is 2.19. The highest BCUT2D eigenvalue weighted by molar-refractivity contribution is 5.83. The second-order valence-corrected chi connectivity index (χ2v) is 5.70. The van der Waals surface area contributed by atoms with Crippen LogP contribution in [0.5, 0.6) is 0 Å². The third kappa shape index (κ3) is 4.35. The molecule has 2 N–H and O–H groups in total. The fraction of sp³-hybridized carbons (Fsp3) is 0.500. The van der Waals surface area contributed by atoms with Crippen molar-refractivity contribution in [3.63, 3.8) is 0 Å². The number of rotatable bonds is 8. The second kappa shape index (κ2) is 7.87. The van der Waals surface area contributed by atoms with Crippen molar-refractivity contribution in [3.05, 3.63) is 36.0 Å². The lowest BCUT2D eigenvalue weighted by Crippen LogP contribution is -2.28. The number of benzene rings is 1. The molecule has 2 aromatic rings. The van der Waals surface area contributed by atoms with Crippen LogP contribution in [0.25, 0.3) is 10.9 Å². The molecule has 114 valence electrons. The van der Waals surface area contributed by atoms with Crippen molar-refractivity contribution in [1.82, 2.24) is 10.3 Å². The summed E-state index contributed by atoms with van der Waals surface area (Å²) in [4.78, 5) is 15.1. The SMILES string of the molecule is CCC(CC)CNC(=O)CCCc1c[nH]c2ccccc12. The summed E-state index contributed by atoms with van der Waals surface area (Å²) in [5.74, 6) is 0.796. The number of hydrogen-bond donors (Lipinski definition) is 2. The summed E-state index contributed by atoms with van der Waals surface area (Å²) in [6.45, 7) is 5.17. The fourth-order valence-electron chi connectivity index (χ4n) is 2.70. The number of hydrogen-bond acceptors (Lipinski definition) is 1. The van der Waals surface area contributed by atoms with E-state index in [-0.39, 0.29) is 5.91 Å². The van der Waals surface area contributed by atoms with E-state index in [9.17, 15) is 4.79 Å². The third-order valence-corrected chi connectivity index (χ3v) is 4.27. The number of para-hydroxylation sites is 1. The number of H-pyrrole nitrogens is 1. The number of nitrogens with one attached hydrogen (secondary N) is 2. The van der Waals surface area contributed by atoms with Gasteiger partial charge in [0.15, 0.2) is 0 Å². The van der Waals surface area contributed by atoms with Crippen LogP contribution in [0.2, 0.25) is 0 Å². The standard InChI is InChI=1S/C18H26N2O/c1-3-14(4-2)12-20-18(21)11-7-8-15-13-19-17-10-6-5-9-16(15)17/h5-6,9-10,13-14,19H,3-4,7-8,11-12H2,1-2H3,(H,20,21). The van der Waals surface area contributed by atoms with Crippen LogP contribution < -0.4 is 5.32 Å². The van der Waals surface area contributed by atoms with Gasteiger partial charge in [-0.3, -0.25) is 4.79 Å². The maximum atomic E-state index is 11.9. The molecule has 0 aliphatic rings. The summed E-state index contributed by atoms with van der Waals surface area (Å²) in [6.07, 6.45) is 6.78. The van der Waals surface area contributed by atoms with Crippen molar-refractivity contribution >= 4 is 16.8 Å². The number of aromatic amines is 1. The minimum atomic E-state index is 0.182. The second-order valence-electron chi connectivity index (χ2n) is 5.70. The van der Waals surface area contributed by atoms with Crippen LogP contribution in [-0.4, -0.2) is 17.4 Å². The van der Waals surface area contributed by atoms with Crippen molar-refractivity contribution in [1.29, 1.82) is 0 Å². The maximum Gasteiger partial charge on any atom is 0.220 e. The van der Waals surface area contributed by atoms with Crippen LogP contribution in [-0.2, 0) is 11.2 Å². The van der Waals surface area contributed by atoms with Crippen LogP contribution in [0.3, 0.4) is 0 Å². The average Bonchev–Trinajstić information content (AvgIpc) is 2.92. The fourth-order valence-corrected chi connectivity index (χ4v) is 2.70. The lowest BCUT2D eigenvalue weighted by atomic mass is 10.0. The van der Waals surface area contributed by atoms with Gasteiger partial charge in [-0.05, 0) is 30.4 Å². The Morgan fingerprint density at radius 2 is 2.00 bits per heavy atom. The molecule has 0 radical (unpaired) electrons. The van der Waals surface area contributed by atoms with Gasteiger partial charge in [0, 0.05) is 30.1 Å². The average molecular weight is 286 g/mol. The summed E-state index contributed by atoms with van der Waals surface area (Å²) in [5, 5.41) is 4.33. The first kappa shape index (κ1) is 15.6. The molecule has 1 amide bonds. The molecule has 0 saturated heterocycles. The zero-order valence-corrected chi connectivity index (χ0v) is 13.1. The quantitative estimate of drug-likeness (QED) is 0.755. The van der Waals surface area contributed by atoms with E-state index >= 15 is 0 Å². The van der Waals surface area contributed by atoms with Gasteiger partial charge in [-0.1, -0.05) is 44.9 Å². The summed E-state index contributed by atoms with van der Waals surface area (Å²) < 4.78 is 0. The molecule has 0 aliphatic heterocycles. The van der Waals surface area contributed by atoms with Crippen LogP contribution in [0.4, 0.5) is 0 Å². The Morgan fingerprint density at radius 3 is 2.76 bits per heavy atom. The number of amides is 1. The van der Waals surface area contributed by atoms with Gasteiger partial charge < -0.3 is 10.3 Å². The molecule has 0 fully saturated rings. The van der Waals surface area contributed by atoms with Gasteiger partial charge in [0.1, 0.15) is 0 Å². The molecular weight excluding hydrogens is 260 g/mol. The van der Waals surface area contributed by atoms with Crippen molar-refractivity contribution in [3.8, 4) is 0 Å². The van der Waals surface area contributed by atoms with E-state index in [1.165, 1.54) is 16.5 Å². The number of aromatic nitrogens is 1. The summed E-state index contributed by atoms with van der Waals surface area (Å²) in [6, 6.07) is 8.31. The number of carbonyl (C=O) groups is 1. The molecule has 3 nitrogen and oxygen atoms in total. The highest BCUT2D eigenvalue weighted by Gasteiger charge is 2.07. The van der Waals surface area contributed by atoms with Gasteiger partial charge in [0.25, 0.3) is 0 Å². The third-order valence-electron chi connectivity index (χ3n) is 4.27. The predicted octanol–water partition coefficient (Wildman–Crippen LogP) is 4.04. The van der Waals surface area contributed by atoms with E-state index < -0.39 is 0 Å². The van der Waals surface area contributed by atoms with Crippen LogP contribution in [0.1, 0.15) is 45.1 Å². The van der Waals surface area contributed by atoms with E-state index in [0.29, 0.717) is 12.3 Å². The van der Waals surface area contributed by atoms with Crippen LogP contribution >= 0.6 is 0 Å². The molecule has 0 atom stereocenters. The minimum absolute atomic E-state index is 0.182. The van der Waals surface area contributed by atoms with E-state index in [0.717, 1.165) is 32.2 Å². The summed E-state index contributed by atoms with van der Waals surface area (Å²) in [5.41, 5.74) is 2.48. The van der Waals surface area contributed by atoms with E-state index in [1.54, 1.807) is 0 Å². The van der Waals surface area contributed by atoms with Crippen molar-refractivity contribution in [2.45, 2.75) is 46.0 Å². The van der Waals surface area contributed by atoms with Gasteiger partial charge in [0.05, 0.1) is 0 Å². The highest BCUT2D eigenvalue weighted by atomic mass is 16.1. The molecule has 21 heavy (non-hydrogen) atoms. The first-order valence-electron chi connectivity index (χ1n) is 8.06. The molecule has 0 saturated carbocycles. The molecule has 1 aromatic carbocycles. The molecule has 3 heteroatoms. The Morgan fingerprint density at radius 1 is 1.24 bits per heavy atom. The number of carbonyl (C=O) groups excluding carboxylic acids is 1. The Balaban J connectivity index is 1.75. The summed E-state index contributed by atoms with van der Waals surface area (Å²) in [7, 11) is 0. The van der Waals surface area contributed by atoms with Gasteiger partial charge in [-0.25, -0.2) is 0 Å². The molecule has 0 aliphatic carbocycles.